The minimum absolute atomic E-state index is 0.00927. The number of amides is 4. The number of rotatable bonds is 10. The molecule has 51 heavy (non-hydrogen) atoms. The molecule has 0 bridgehead atoms. The molecule has 4 aliphatic rings. The van der Waals surface area contributed by atoms with Crippen LogP contribution in [0.1, 0.15) is 62.1 Å². The van der Waals surface area contributed by atoms with Crippen molar-refractivity contribution in [3.8, 4) is 0 Å². The van der Waals surface area contributed by atoms with Gasteiger partial charge in [-0.3, -0.25) is 24.2 Å². The molecule has 0 radical (unpaired) electrons. The van der Waals surface area contributed by atoms with E-state index >= 15 is 0 Å². The van der Waals surface area contributed by atoms with Gasteiger partial charge in [0.15, 0.2) is 0 Å². The zero-order chi connectivity index (χ0) is 36.2. The number of nitrogens with zero attached hydrogens (tertiary/aromatic N) is 5. The molecule has 4 aliphatic heterocycles. The summed E-state index contributed by atoms with van der Waals surface area (Å²) in [6.45, 7) is 10.1. The number of benzene rings is 2. The first-order chi connectivity index (χ1) is 24.5. The SMILES string of the molecule is CCC(C(=O)O)N1CCN(C2CCN(C(=O)C(CC(=O)N3CCC(N4Cc5ccccc5NC4=O)CC3)Cc3cc(Br)c(C)c(Br)c3)CC2)CC1. The lowest BCUT2D eigenvalue weighted by Gasteiger charge is -2.44. The topological polar surface area (TPSA) is 117 Å². The predicted molar refractivity (Wildman–Crippen MR) is 203 cm³/mol. The first kappa shape index (κ1) is 37.7. The van der Waals surface area contributed by atoms with Crippen LogP contribution in [-0.2, 0) is 27.3 Å². The number of piperazine rings is 1. The van der Waals surface area contributed by atoms with E-state index in [0.717, 1.165) is 70.3 Å². The van der Waals surface area contributed by atoms with E-state index in [1.807, 2.05) is 52.8 Å². The molecule has 276 valence electrons. The lowest BCUT2D eigenvalue weighted by molar-refractivity contribution is -0.144. The molecule has 6 rings (SSSR count). The number of aliphatic carboxylic acids is 1. The van der Waals surface area contributed by atoms with Gasteiger partial charge in [0.1, 0.15) is 6.04 Å². The molecule has 2 atom stereocenters. The number of halogens is 2. The Balaban J connectivity index is 1.06. The van der Waals surface area contributed by atoms with E-state index in [1.54, 1.807) is 0 Å². The first-order valence-corrected chi connectivity index (χ1v) is 20.0. The van der Waals surface area contributed by atoms with Crippen molar-refractivity contribution in [3.63, 3.8) is 0 Å². The van der Waals surface area contributed by atoms with Crippen LogP contribution in [0.5, 0.6) is 0 Å². The Kier molecular flexibility index (Phi) is 12.4. The third-order valence-corrected chi connectivity index (χ3v) is 13.1. The molecular formula is C38H50Br2N6O5. The molecule has 0 aromatic heterocycles. The third-order valence-electron chi connectivity index (χ3n) is 11.5. The number of para-hydroxylation sites is 1. The molecule has 0 spiro atoms. The molecule has 2 aromatic carbocycles. The van der Waals surface area contributed by atoms with Crippen LogP contribution in [0.2, 0.25) is 0 Å². The summed E-state index contributed by atoms with van der Waals surface area (Å²) in [4.78, 5) is 63.0. The van der Waals surface area contributed by atoms with Crippen LogP contribution in [0.4, 0.5) is 10.5 Å². The molecule has 4 heterocycles. The Morgan fingerprint density at radius 2 is 1.49 bits per heavy atom. The van der Waals surface area contributed by atoms with Crippen molar-refractivity contribution in [1.82, 2.24) is 24.5 Å². The quantitative estimate of drug-likeness (QED) is 0.322. The van der Waals surface area contributed by atoms with Crippen molar-refractivity contribution >= 4 is 61.4 Å². The Morgan fingerprint density at radius 3 is 2.12 bits per heavy atom. The first-order valence-electron chi connectivity index (χ1n) is 18.4. The van der Waals surface area contributed by atoms with Crippen molar-refractivity contribution in [1.29, 1.82) is 0 Å². The number of carboxylic acid groups (broad SMARTS) is 1. The van der Waals surface area contributed by atoms with Crippen molar-refractivity contribution < 1.29 is 24.3 Å². The van der Waals surface area contributed by atoms with Crippen LogP contribution in [-0.4, -0.2) is 124 Å². The lowest BCUT2D eigenvalue weighted by Crippen LogP contribution is -2.57. The fourth-order valence-corrected chi connectivity index (χ4v) is 9.63. The summed E-state index contributed by atoms with van der Waals surface area (Å²) in [6, 6.07) is 11.9. The summed E-state index contributed by atoms with van der Waals surface area (Å²) in [6.07, 6.45) is 4.35. The summed E-state index contributed by atoms with van der Waals surface area (Å²) in [7, 11) is 0. The molecule has 2 aromatic rings. The van der Waals surface area contributed by atoms with E-state index in [2.05, 4.69) is 59.1 Å². The maximum atomic E-state index is 14.3. The van der Waals surface area contributed by atoms with Crippen LogP contribution in [0.25, 0.3) is 0 Å². The van der Waals surface area contributed by atoms with E-state index in [1.165, 1.54) is 0 Å². The Labute approximate surface area is 317 Å². The van der Waals surface area contributed by atoms with Gasteiger partial charge in [0, 0.05) is 92.0 Å². The molecule has 13 heteroatoms. The number of nitrogens with one attached hydrogen (secondary N) is 1. The number of urea groups is 1. The van der Waals surface area contributed by atoms with Crippen molar-refractivity contribution in [2.75, 3.05) is 57.7 Å². The maximum absolute atomic E-state index is 14.3. The number of anilines is 1. The highest BCUT2D eigenvalue weighted by Crippen LogP contribution is 2.31. The number of hydrogen-bond acceptors (Lipinski definition) is 6. The van der Waals surface area contributed by atoms with E-state index in [4.69, 9.17) is 0 Å². The average Bonchev–Trinajstić information content (AvgIpc) is 3.13. The average molecular weight is 831 g/mol. The highest BCUT2D eigenvalue weighted by Gasteiger charge is 2.37. The van der Waals surface area contributed by atoms with E-state index < -0.39 is 17.9 Å². The lowest BCUT2D eigenvalue weighted by atomic mass is 9.91. The van der Waals surface area contributed by atoms with Crippen molar-refractivity contribution in [3.05, 3.63) is 62.0 Å². The van der Waals surface area contributed by atoms with Gasteiger partial charge in [-0.2, -0.15) is 0 Å². The number of carbonyl (C=O) groups excluding carboxylic acids is 3. The molecule has 0 aliphatic carbocycles. The van der Waals surface area contributed by atoms with Crippen molar-refractivity contribution in [2.24, 2.45) is 5.92 Å². The zero-order valence-corrected chi connectivity index (χ0v) is 32.8. The largest absolute Gasteiger partial charge is 0.480 e. The Bertz CT molecular complexity index is 1580. The molecule has 11 nitrogen and oxygen atoms in total. The number of hydrogen-bond donors (Lipinski definition) is 2. The second-order valence-electron chi connectivity index (χ2n) is 14.5. The van der Waals surface area contributed by atoms with E-state index in [-0.39, 0.29) is 30.3 Å². The third kappa shape index (κ3) is 8.80. The van der Waals surface area contributed by atoms with Crippen LogP contribution < -0.4 is 5.32 Å². The monoisotopic (exact) mass is 828 g/mol. The van der Waals surface area contributed by atoms with Gasteiger partial charge in [0.2, 0.25) is 11.8 Å². The highest BCUT2D eigenvalue weighted by atomic mass is 79.9. The van der Waals surface area contributed by atoms with Crippen LogP contribution in [0, 0.1) is 12.8 Å². The van der Waals surface area contributed by atoms with Gasteiger partial charge in [-0.05, 0) is 80.3 Å². The fraction of sp³-hybridized carbons (Fsp3) is 0.579. The zero-order valence-electron chi connectivity index (χ0n) is 29.7. The highest BCUT2D eigenvalue weighted by molar-refractivity contribution is 9.11. The molecule has 0 saturated carbocycles. The smallest absolute Gasteiger partial charge is 0.322 e. The number of piperidine rings is 2. The molecule has 4 amide bonds. The van der Waals surface area contributed by atoms with Crippen molar-refractivity contribution in [2.45, 2.75) is 83.5 Å². The van der Waals surface area contributed by atoms with E-state index in [9.17, 15) is 24.3 Å². The minimum atomic E-state index is -0.751. The Hall–Kier alpha value is -3.00. The summed E-state index contributed by atoms with van der Waals surface area (Å²) in [5.74, 6) is -1.21. The van der Waals surface area contributed by atoms with Gasteiger partial charge in [0.25, 0.3) is 0 Å². The number of carboxylic acids is 1. The van der Waals surface area contributed by atoms with Gasteiger partial charge in [-0.25, -0.2) is 4.79 Å². The number of carbonyl (C=O) groups is 4. The van der Waals surface area contributed by atoms with Gasteiger partial charge < -0.3 is 25.1 Å². The minimum Gasteiger partial charge on any atom is -0.480 e. The number of fused-ring (bicyclic) bond motifs is 1. The Morgan fingerprint density at radius 1 is 0.882 bits per heavy atom. The molecular weight excluding hydrogens is 780 g/mol. The van der Waals surface area contributed by atoms with Gasteiger partial charge in [-0.15, -0.1) is 0 Å². The standard InChI is InChI=1S/C38H50Br2N6O5/c1-3-34(37(49)50)43-18-16-42(17-19-43)29-8-14-45(15-9-29)36(48)28(20-26-21-31(39)25(2)32(40)22-26)23-35(47)44-12-10-30(11-13-44)46-24-27-6-4-5-7-33(27)41-38(46)51/h4-7,21-22,28-30,34H,3,8-20,23-24H2,1-2H3,(H,41,51)(H,49,50). The summed E-state index contributed by atoms with van der Waals surface area (Å²) in [5, 5.41) is 12.6. The summed E-state index contributed by atoms with van der Waals surface area (Å²) >= 11 is 7.33. The van der Waals surface area contributed by atoms with E-state index in [0.29, 0.717) is 64.4 Å². The summed E-state index contributed by atoms with van der Waals surface area (Å²) < 4.78 is 1.93. The molecule has 2 unspecified atom stereocenters. The molecule has 3 fully saturated rings. The number of likely N-dealkylation sites (tertiary alicyclic amines) is 2. The molecule has 2 N–H and O–H groups in total. The second kappa shape index (κ2) is 16.8. The van der Waals surface area contributed by atoms with Gasteiger partial charge >= 0.3 is 12.0 Å². The normalized spacial score (nSPS) is 20.9. The molecule has 3 saturated heterocycles. The van der Waals surface area contributed by atoms with Crippen LogP contribution in [0.15, 0.2) is 45.3 Å². The maximum Gasteiger partial charge on any atom is 0.322 e. The van der Waals surface area contributed by atoms with Gasteiger partial charge in [-0.1, -0.05) is 57.0 Å². The second-order valence-corrected chi connectivity index (χ2v) is 16.2. The van der Waals surface area contributed by atoms with Crippen LogP contribution >= 0.6 is 31.9 Å². The fourth-order valence-electron chi connectivity index (χ4n) is 8.34. The summed E-state index contributed by atoms with van der Waals surface area (Å²) in [5.41, 5.74) is 4.04. The van der Waals surface area contributed by atoms with Crippen LogP contribution in [0.3, 0.4) is 0 Å². The predicted octanol–water partition coefficient (Wildman–Crippen LogP) is 5.58. The van der Waals surface area contributed by atoms with Gasteiger partial charge in [0.05, 0.1) is 5.92 Å².